The number of nitrogens with two attached hydrogens (primary N) is 1. The molecule has 1 rings (SSSR count). The smallest absolute Gasteiger partial charge is 0.0701 e. The lowest BCUT2D eigenvalue weighted by Gasteiger charge is -2.11. The Bertz CT molecular complexity index is 250. The normalized spacial score (nSPS) is 13.2. The Balaban J connectivity index is 2.56. The van der Waals surface area contributed by atoms with Crippen molar-refractivity contribution in [1.82, 2.24) is 0 Å². The van der Waals surface area contributed by atoms with Gasteiger partial charge in [0, 0.05) is 11.4 Å². The van der Waals surface area contributed by atoms with Crippen molar-refractivity contribution >= 4 is 39.0 Å². The maximum Gasteiger partial charge on any atom is 0.0701 e. The van der Waals surface area contributed by atoms with Crippen molar-refractivity contribution in [2.24, 2.45) is 5.73 Å². The fourth-order valence-corrected chi connectivity index (χ4v) is 3.69. The largest absolute Gasteiger partial charge is 0.329 e. The summed E-state index contributed by atoms with van der Waals surface area (Å²) in [5, 5.41) is 0.483. The molecule has 0 amide bonds. The topological polar surface area (TPSA) is 26.0 Å². The second-order valence-corrected chi connectivity index (χ2v) is 6.54. The molecule has 74 valence electrons. The van der Waals surface area contributed by atoms with Gasteiger partial charge in [0.1, 0.15) is 0 Å². The van der Waals surface area contributed by atoms with Crippen LogP contribution in [0.2, 0.25) is 0 Å². The molecule has 13 heavy (non-hydrogen) atoms. The molecule has 0 radical (unpaired) electrons. The van der Waals surface area contributed by atoms with Crippen LogP contribution >= 0.6 is 39.0 Å². The van der Waals surface area contributed by atoms with Crippen LogP contribution in [0, 0.1) is 0 Å². The molecule has 0 saturated heterocycles. The van der Waals surface area contributed by atoms with Crippen LogP contribution in [0.3, 0.4) is 0 Å². The summed E-state index contributed by atoms with van der Waals surface area (Å²) in [6, 6.07) is 4.25. The zero-order valence-corrected chi connectivity index (χ0v) is 10.8. The zero-order chi connectivity index (χ0) is 9.68. The highest BCUT2D eigenvalue weighted by molar-refractivity contribution is 9.11. The molecule has 0 bridgehead atoms. The first-order valence-corrected chi connectivity index (χ1v) is 7.00. The van der Waals surface area contributed by atoms with E-state index >= 15 is 0 Å². The Morgan fingerprint density at radius 1 is 1.62 bits per heavy atom. The van der Waals surface area contributed by atoms with E-state index in [4.69, 9.17) is 5.73 Å². The number of thioether (sulfide) groups is 1. The molecule has 0 aliphatic heterocycles. The zero-order valence-electron chi connectivity index (χ0n) is 7.63. The van der Waals surface area contributed by atoms with Gasteiger partial charge in [0.2, 0.25) is 0 Å². The molecule has 1 aromatic rings. The van der Waals surface area contributed by atoms with Gasteiger partial charge in [-0.3, -0.25) is 0 Å². The molecule has 0 spiro atoms. The van der Waals surface area contributed by atoms with E-state index in [0.29, 0.717) is 5.25 Å². The van der Waals surface area contributed by atoms with E-state index in [1.165, 1.54) is 20.8 Å². The SMILES string of the molecule is CCCSC(CN)c1ccc(Br)s1. The fraction of sp³-hybridized carbons (Fsp3) is 0.556. The number of halogens is 1. The van der Waals surface area contributed by atoms with Gasteiger partial charge in [-0.25, -0.2) is 0 Å². The van der Waals surface area contributed by atoms with Crippen LogP contribution in [0.5, 0.6) is 0 Å². The van der Waals surface area contributed by atoms with Crippen LogP contribution in [0.4, 0.5) is 0 Å². The average Bonchev–Trinajstić information content (AvgIpc) is 2.54. The third-order valence-corrected chi connectivity index (χ3v) is 5.03. The highest BCUT2D eigenvalue weighted by atomic mass is 79.9. The van der Waals surface area contributed by atoms with E-state index in [2.05, 4.69) is 35.0 Å². The molecule has 0 aromatic carbocycles. The van der Waals surface area contributed by atoms with Gasteiger partial charge >= 0.3 is 0 Å². The highest BCUT2D eigenvalue weighted by Crippen LogP contribution is 2.34. The summed E-state index contributed by atoms with van der Waals surface area (Å²) in [5.41, 5.74) is 5.73. The minimum atomic E-state index is 0.483. The monoisotopic (exact) mass is 279 g/mol. The van der Waals surface area contributed by atoms with Gasteiger partial charge in [-0.05, 0) is 40.2 Å². The van der Waals surface area contributed by atoms with Crippen molar-refractivity contribution in [3.05, 3.63) is 20.8 Å². The van der Waals surface area contributed by atoms with Crippen molar-refractivity contribution in [3.63, 3.8) is 0 Å². The summed E-state index contributed by atoms with van der Waals surface area (Å²) in [4.78, 5) is 1.38. The Kier molecular flexibility index (Phi) is 5.39. The molecule has 0 aliphatic rings. The van der Waals surface area contributed by atoms with Crippen LogP contribution < -0.4 is 5.73 Å². The van der Waals surface area contributed by atoms with Crippen LogP contribution in [0.25, 0.3) is 0 Å². The summed E-state index contributed by atoms with van der Waals surface area (Å²) in [6.45, 7) is 2.93. The van der Waals surface area contributed by atoms with Gasteiger partial charge in [0.05, 0.1) is 9.04 Å². The lowest BCUT2D eigenvalue weighted by atomic mass is 10.3. The molecule has 1 nitrogen and oxygen atoms in total. The van der Waals surface area contributed by atoms with E-state index in [1.54, 1.807) is 11.3 Å². The minimum absolute atomic E-state index is 0.483. The van der Waals surface area contributed by atoms with Gasteiger partial charge in [0.25, 0.3) is 0 Å². The number of hydrogen-bond donors (Lipinski definition) is 1. The van der Waals surface area contributed by atoms with Crippen molar-refractivity contribution < 1.29 is 0 Å². The third-order valence-electron chi connectivity index (χ3n) is 1.65. The Morgan fingerprint density at radius 2 is 2.38 bits per heavy atom. The molecule has 4 heteroatoms. The molecule has 0 saturated carbocycles. The van der Waals surface area contributed by atoms with Crippen molar-refractivity contribution in [1.29, 1.82) is 0 Å². The quantitative estimate of drug-likeness (QED) is 0.891. The maximum atomic E-state index is 5.73. The van der Waals surface area contributed by atoms with Crippen molar-refractivity contribution in [3.8, 4) is 0 Å². The molecule has 1 aromatic heterocycles. The first kappa shape index (κ1) is 11.6. The van der Waals surface area contributed by atoms with E-state index in [-0.39, 0.29) is 0 Å². The van der Waals surface area contributed by atoms with Crippen LogP contribution in [0.1, 0.15) is 23.5 Å². The minimum Gasteiger partial charge on any atom is -0.329 e. The van der Waals surface area contributed by atoms with Crippen molar-refractivity contribution in [2.75, 3.05) is 12.3 Å². The molecule has 0 fully saturated rings. The summed E-state index contributed by atoms with van der Waals surface area (Å²) >= 11 is 7.21. The predicted molar refractivity (Wildman–Crippen MR) is 66.6 cm³/mol. The molecule has 1 atom stereocenters. The van der Waals surface area contributed by atoms with E-state index < -0.39 is 0 Å². The van der Waals surface area contributed by atoms with Gasteiger partial charge in [-0.2, -0.15) is 11.8 Å². The second kappa shape index (κ2) is 6.06. The van der Waals surface area contributed by atoms with Crippen LogP contribution in [-0.4, -0.2) is 12.3 Å². The lowest BCUT2D eigenvalue weighted by molar-refractivity contribution is 0.954. The summed E-state index contributed by atoms with van der Waals surface area (Å²) in [7, 11) is 0. The number of hydrogen-bond acceptors (Lipinski definition) is 3. The van der Waals surface area contributed by atoms with E-state index in [1.807, 2.05) is 11.8 Å². The predicted octanol–water partition coefficient (Wildman–Crippen LogP) is 3.65. The summed E-state index contributed by atoms with van der Waals surface area (Å²) in [5.74, 6) is 1.19. The summed E-state index contributed by atoms with van der Waals surface area (Å²) < 4.78 is 1.19. The van der Waals surface area contributed by atoms with Gasteiger partial charge in [-0.1, -0.05) is 6.92 Å². The van der Waals surface area contributed by atoms with Crippen molar-refractivity contribution in [2.45, 2.75) is 18.6 Å². The van der Waals surface area contributed by atoms with Gasteiger partial charge < -0.3 is 5.73 Å². The highest BCUT2D eigenvalue weighted by Gasteiger charge is 2.11. The average molecular weight is 280 g/mol. The van der Waals surface area contributed by atoms with E-state index in [9.17, 15) is 0 Å². The fourth-order valence-electron chi connectivity index (χ4n) is 1.03. The van der Waals surface area contributed by atoms with E-state index in [0.717, 1.165) is 6.54 Å². The third kappa shape index (κ3) is 3.62. The molecule has 1 heterocycles. The first-order valence-electron chi connectivity index (χ1n) is 4.34. The molecule has 1 unspecified atom stereocenters. The Morgan fingerprint density at radius 3 is 2.85 bits per heavy atom. The van der Waals surface area contributed by atoms with Gasteiger partial charge in [-0.15, -0.1) is 11.3 Å². The standard InChI is InChI=1S/C9H14BrNS2/c1-2-5-12-8(6-11)7-3-4-9(10)13-7/h3-4,8H,2,5-6,11H2,1H3. The Hall–Kier alpha value is 0.490. The number of rotatable bonds is 5. The molecular weight excluding hydrogens is 266 g/mol. The Labute approximate surface area is 96.2 Å². The number of thiophene rings is 1. The second-order valence-electron chi connectivity index (χ2n) is 2.74. The van der Waals surface area contributed by atoms with Gasteiger partial charge in [0.15, 0.2) is 0 Å². The lowest BCUT2D eigenvalue weighted by Crippen LogP contribution is -2.08. The molecule has 0 aliphatic carbocycles. The first-order chi connectivity index (χ1) is 6.27. The molecule has 2 N–H and O–H groups in total. The maximum absolute atomic E-state index is 5.73. The summed E-state index contributed by atoms with van der Waals surface area (Å²) in [6.07, 6.45) is 1.22. The van der Waals surface area contributed by atoms with Crippen LogP contribution in [-0.2, 0) is 0 Å². The van der Waals surface area contributed by atoms with Crippen LogP contribution in [0.15, 0.2) is 15.9 Å². The molecular formula is C9H14BrNS2.